The molecular formula is C25H36N4O3. The number of nitrogens with zero attached hydrogens (tertiary/aromatic N) is 2. The van der Waals surface area contributed by atoms with E-state index in [4.69, 9.17) is 14.2 Å². The average molecular weight is 441 g/mol. The van der Waals surface area contributed by atoms with Crippen molar-refractivity contribution >= 4 is 5.96 Å². The Kier molecular flexibility index (Phi) is 9.65. The molecule has 2 N–H and O–H groups in total. The van der Waals surface area contributed by atoms with Crippen molar-refractivity contribution in [1.82, 2.24) is 15.5 Å². The zero-order valence-electron chi connectivity index (χ0n) is 19.5. The maximum absolute atomic E-state index is 6.01. The number of hydrogen-bond donors (Lipinski definition) is 2. The van der Waals surface area contributed by atoms with Gasteiger partial charge < -0.3 is 24.8 Å². The summed E-state index contributed by atoms with van der Waals surface area (Å²) in [6.45, 7) is 4.67. The van der Waals surface area contributed by atoms with Gasteiger partial charge in [-0.15, -0.1) is 0 Å². The maximum atomic E-state index is 6.01. The van der Waals surface area contributed by atoms with Crippen LogP contribution in [0.5, 0.6) is 11.5 Å². The Morgan fingerprint density at radius 3 is 2.44 bits per heavy atom. The zero-order valence-corrected chi connectivity index (χ0v) is 19.5. The van der Waals surface area contributed by atoms with Crippen LogP contribution in [0.15, 0.2) is 53.5 Å². The molecule has 3 rings (SSSR count). The summed E-state index contributed by atoms with van der Waals surface area (Å²) in [5, 5.41) is 6.70. The summed E-state index contributed by atoms with van der Waals surface area (Å²) in [6, 6.07) is 16.8. The van der Waals surface area contributed by atoms with Gasteiger partial charge in [0.05, 0.1) is 7.11 Å². The predicted octanol–water partition coefficient (Wildman–Crippen LogP) is 3.05. The summed E-state index contributed by atoms with van der Waals surface area (Å²) >= 11 is 0. The summed E-state index contributed by atoms with van der Waals surface area (Å²) in [5.41, 5.74) is 2.31. The number of guanidine groups is 1. The van der Waals surface area contributed by atoms with Crippen LogP contribution in [-0.2, 0) is 17.8 Å². The lowest BCUT2D eigenvalue weighted by atomic mass is 10.1. The topological polar surface area (TPSA) is 67.4 Å². The van der Waals surface area contributed by atoms with Crippen LogP contribution in [0.4, 0.5) is 0 Å². The molecule has 0 unspecified atom stereocenters. The minimum absolute atomic E-state index is 0.597. The maximum Gasteiger partial charge on any atom is 0.191 e. The van der Waals surface area contributed by atoms with Gasteiger partial charge in [0.25, 0.3) is 0 Å². The van der Waals surface area contributed by atoms with E-state index in [1.54, 1.807) is 14.2 Å². The molecule has 1 aliphatic rings. The fourth-order valence-corrected chi connectivity index (χ4v) is 3.70. The first-order valence-corrected chi connectivity index (χ1v) is 11.2. The van der Waals surface area contributed by atoms with E-state index in [1.165, 1.54) is 0 Å². The van der Waals surface area contributed by atoms with Crippen molar-refractivity contribution in [3.63, 3.8) is 0 Å². The smallest absolute Gasteiger partial charge is 0.191 e. The lowest BCUT2D eigenvalue weighted by Gasteiger charge is -2.31. The van der Waals surface area contributed by atoms with Crippen molar-refractivity contribution in [2.24, 2.45) is 4.99 Å². The number of rotatable bonds is 10. The van der Waals surface area contributed by atoms with Gasteiger partial charge in [-0.1, -0.05) is 24.3 Å². The molecular weight excluding hydrogens is 404 g/mol. The highest BCUT2D eigenvalue weighted by Gasteiger charge is 2.17. The van der Waals surface area contributed by atoms with Gasteiger partial charge in [0, 0.05) is 45.9 Å². The van der Waals surface area contributed by atoms with E-state index < -0.39 is 0 Å². The number of hydrogen-bond acceptors (Lipinski definition) is 5. The molecule has 0 spiro atoms. The molecule has 0 saturated carbocycles. The normalized spacial score (nSPS) is 14.9. The molecule has 1 heterocycles. The first-order chi connectivity index (χ1) is 15.7. The van der Waals surface area contributed by atoms with Crippen molar-refractivity contribution in [2.45, 2.75) is 32.0 Å². The molecule has 0 atom stereocenters. The van der Waals surface area contributed by atoms with Crippen molar-refractivity contribution in [2.75, 3.05) is 47.6 Å². The Hall–Kier alpha value is -2.77. The van der Waals surface area contributed by atoms with Crippen molar-refractivity contribution < 1.29 is 14.2 Å². The SMILES string of the molecule is CN=C(NCc1ccc(OC)cc1)NCc1cccc(OCCN(C)C2CCOCC2)c1. The van der Waals surface area contributed by atoms with Crippen LogP contribution >= 0.6 is 0 Å². The third-order valence-electron chi connectivity index (χ3n) is 5.73. The monoisotopic (exact) mass is 440 g/mol. The number of ether oxygens (including phenoxy) is 3. The highest BCUT2D eigenvalue weighted by Crippen LogP contribution is 2.15. The molecule has 1 fully saturated rings. The quantitative estimate of drug-likeness (QED) is 0.437. The Bertz CT molecular complexity index is 835. The standard InChI is InChI=1S/C25H36N4O3/c1-26-25(27-18-20-7-9-23(30-3)10-8-20)28-19-21-5-4-6-24(17-21)32-16-13-29(2)22-11-14-31-15-12-22/h4-10,17,22H,11-16,18-19H2,1-3H3,(H2,26,27,28). The Morgan fingerprint density at radius 2 is 1.75 bits per heavy atom. The largest absolute Gasteiger partial charge is 0.497 e. The molecule has 32 heavy (non-hydrogen) atoms. The van der Waals surface area contributed by atoms with Crippen LogP contribution in [-0.4, -0.2) is 64.5 Å². The minimum atomic E-state index is 0.597. The molecule has 174 valence electrons. The minimum Gasteiger partial charge on any atom is -0.497 e. The van der Waals surface area contributed by atoms with E-state index in [0.717, 1.165) is 61.2 Å². The van der Waals surface area contributed by atoms with E-state index in [9.17, 15) is 0 Å². The van der Waals surface area contributed by atoms with Gasteiger partial charge in [-0.3, -0.25) is 9.89 Å². The number of benzene rings is 2. The van der Waals surface area contributed by atoms with Crippen molar-refractivity contribution in [1.29, 1.82) is 0 Å². The summed E-state index contributed by atoms with van der Waals surface area (Å²) < 4.78 is 16.7. The highest BCUT2D eigenvalue weighted by molar-refractivity contribution is 5.79. The van der Waals surface area contributed by atoms with Gasteiger partial charge in [0.2, 0.25) is 0 Å². The number of nitrogens with one attached hydrogen (secondary N) is 2. The molecule has 0 radical (unpaired) electrons. The molecule has 7 heteroatoms. The predicted molar refractivity (Wildman–Crippen MR) is 128 cm³/mol. The first-order valence-electron chi connectivity index (χ1n) is 11.2. The number of likely N-dealkylation sites (N-methyl/N-ethyl adjacent to an activating group) is 1. The van der Waals surface area contributed by atoms with Gasteiger partial charge in [-0.25, -0.2) is 0 Å². The fraction of sp³-hybridized carbons (Fsp3) is 0.480. The molecule has 0 bridgehead atoms. The van der Waals surface area contributed by atoms with Crippen molar-refractivity contribution in [3.8, 4) is 11.5 Å². The summed E-state index contributed by atoms with van der Waals surface area (Å²) in [5.74, 6) is 2.50. The lowest BCUT2D eigenvalue weighted by molar-refractivity contribution is 0.0392. The van der Waals surface area contributed by atoms with Crippen molar-refractivity contribution in [3.05, 3.63) is 59.7 Å². The summed E-state index contributed by atoms with van der Waals surface area (Å²) in [4.78, 5) is 6.69. The van der Waals surface area contributed by atoms with E-state index in [2.05, 4.69) is 39.7 Å². The average Bonchev–Trinajstić information content (AvgIpc) is 2.85. The van der Waals surface area contributed by atoms with Gasteiger partial charge >= 0.3 is 0 Å². The fourth-order valence-electron chi connectivity index (χ4n) is 3.70. The van der Waals surface area contributed by atoms with Crippen LogP contribution in [0.2, 0.25) is 0 Å². The van der Waals surface area contributed by atoms with Crippen LogP contribution in [0.3, 0.4) is 0 Å². The summed E-state index contributed by atoms with van der Waals surface area (Å²) in [7, 11) is 5.62. The Morgan fingerprint density at radius 1 is 1.03 bits per heavy atom. The highest BCUT2D eigenvalue weighted by atomic mass is 16.5. The molecule has 2 aromatic carbocycles. The van der Waals surface area contributed by atoms with E-state index >= 15 is 0 Å². The first kappa shape index (κ1) is 23.9. The Labute approximate surface area is 191 Å². The second-order valence-electron chi connectivity index (χ2n) is 7.95. The van der Waals surface area contributed by atoms with Gasteiger partial charge in [-0.2, -0.15) is 0 Å². The molecule has 7 nitrogen and oxygen atoms in total. The number of aliphatic imine (C=N–C) groups is 1. The molecule has 0 aromatic heterocycles. The van der Waals surface area contributed by atoms with Gasteiger partial charge in [0.15, 0.2) is 5.96 Å². The molecule has 0 aliphatic carbocycles. The molecule has 2 aromatic rings. The third-order valence-corrected chi connectivity index (χ3v) is 5.73. The third kappa shape index (κ3) is 7.73. The van der Waals surface area contributed by atoms with E-state index in [0.29, 0.717) is 25.7 Å². The van der Waals surface area contributed by atoms with Crippen LogP contribution in [0.25, 0.3) is 0 Å². The molecule has 0 amide bonds. The zero-order chi connectivity index (χ0) is 22.6. The lowest BCUT2D eigenvalue weighted by Crippen LogP contribution is -2.38. The molecule has 1 saturated heterocycles. The second-order valence-corrected chi connectivity index (χ2v) is 7.95. The number of methoxy groups -OCH3 is 1. The van der Waals surface area contributed by atoms with E-state index in [1.807, 2.05) is 36.4 Å². The van der Waals surface area contributed by atoms with Crippen LogP contribution in [0.1, 0.15) is 24.0 Å². The van der Waals surface area contributed by atoms with E-state index in [-0.39, 0.29) is 0 Å². The molecule has 1 aliphatic heterocycles. The Balaban J connectivity index is 1.40. The van der Waals surface area contributed by atoms with Gasteiger partial charge in [0.1, 0.15) is 18.1 Å². The van der Waals surface area contributed by atoms with Crippen LogP contribution in [0, 0.1) is 0 Å². The van der Waals surface area contributed by atoms with Gasteiger partial charge in [-0.05, 0) is 55.3 Å². The van der Waals surface area contributed by atoms with Crippen LogP contribution < -0.4 is 20.1 Å². The summed E-state index contributed by atoms with van der Waals surface area (Å²) in [6.07, 6.45) is 2.21. The second kappa shape index (κ2) is 12.9.